The highest BCUT2D eigenvalue weighted by Crippen LogP contribution is 2.29. The molecule has 2 aromatic carbocycles. The number of ether oxygens (including phenoxy) is 1. The number of hydrogen-bond donors (Lipinski definition) is 2. The van der Waals surface area contributed by atoms with Crippen LogP contribution in [0.2, 0.25) is 0 Å². The Morgan fingerprint density at radius 1 is 1.08 bits per heavy atom. The Kier molecular flexibility index (Phi) is 4.24. The smallest absolute Gasteiger partial charge is 0.261 e. The minimum atomic E-state index is -3.66. The predicted molar refractivity (Wildman–Crippen MR) is 96.2 cm³/mol. The maximum Gasteiger partial charge on any atom is 0.261 e. The van der Waals surface area contributed by atoms with E-state index in [0.29, 0.717) is 17.4 Å². The Morgan fingerprint density at radius 2 is 1.79 bits per heavy atom. The van der Waals surface area contributed by atoms with E-state index < -0.39 is 10.0 Å². The van der Waals surface area contributed by atoms with Crippen LogP contribution in [-0.4, -0.2) is 20.5 Å². The summed E-state index contributed by atoms with van der Waals surface area (Å²) in [5, 5.41) is 0.860. The fraction of sp³-hybridized carbons (Fsp3) is 0.222. The molecule has 1 heterocycles. The van der Waals surface area contributed by atoms with Crippen LogP contribution in [0.25, 0.3) is 10.9 Å². The zero-order valence-electron chi connectivity index (χ0n) is 13.8. The number of sulfonamides is 1. The van der Waals surface area contributed by atoms with Crippen LogP contribution in [0.3, 0.4) is 0 Å². The second-order valence-electron chi connectivity index (χ2n) is 5.93. The van der Waals surface area contributed by atoms with E-state index in [1.807, 2.05) is 18.2 Å². The molecule has 0 aliphatic rings. The number of nitrogens with one attached hydrogen (secondary N) is 2. The van der Waals surface area contributed by atoms with Crippen molar-refractivity contribution < 1.29 is 13.2 Å². The summed E-state index contributed by atoms with van der Waals surface area (Å²) in [5.74, 6) is 0.951. The highest BCUT2D eigenvalue weighted by Gasteiger charge is 2.16. The number of aromatic amines is 1. The molecular formula is C18H20N2O3S. The van der Waals surface area contributed by atoms with Gasteiger partial charge in [-0.3, -0.25) is 4.72 Å². The Labute approximate surface area is 141 Å². The number of rotatable bonds is 5. The zero-order chi connectivity index (χ0) is 17.3. The van der Waals surface area contributed by atoms with Crippen LogP contribution in [0.5, 0.6) is 5.75 Å². The minimum Gasteiger partial charge on any atom is -0.497 e. The van der Waals surface area contributed by atoms with E-state index in [1.54, 1.807) is 25.3 Å². The molecular weight excluding hydrogens is 324 g/mol. The molecule has 2 N–H and O–H groups in total. The van der Waals surface area contributed by atoms with Gasteiger partial charge in [0.1, 0.15) is 5.75 Å². The van der Waals surface area contributed by atoms with Crippen molar-refractivity contribution in [3.63, 3.8) is 0 Å². The van der Waals surface area contributed by atoms with Crippen molar-refractivity contribution in [2.24, 2.45) is 0 Å². The minimum absolute atomic E-state index is 0.194. The molecule has 5 nitrogen and oxygen atoms in total. The van der Waals surface area contributed by atoms with Gasteiger partial charge in [0.25, 0.3) is 10.0 Å². The van der Waals surface area contributed by atoms with Crippen molar-refractivity contribution in [3.05, 3.63) is 54.2 Å². The first-order valence-electron chi connectivity index (χ1n) is 7.69. The van der Waals surface area contributed by atoms with Gasteiger partial charge in [-0.05, 0) is 48.4 Å². The SMILES string of the molecule is COc1ccc(S(=O)(=O)Nc2cccc3[nH]c(C(C)C)cc23)cc1. The number of benzene rings is 2. The molecule has 1 aromatic heterocycles. The highest BCUT2D eigenvalue weighted by atomic mass is 32.2. The van der Waals surface area contributed by atoms with Gasteiger partial charge >= 0.3 is 0 Å². The third-order valence-electron chi connectivity index (χ3n) is 3.92. The lowest BCUT2D eigenvalue weighted by molar-refractivity contribution is 0.414. The predicted octanol–water partition coefficient (Wildman–Crippen LogP) is 4.10. The van der Waals surface area contributed by atoms with Crippen LogP contribution in [0.4, 0.5) is 5.69 Å². The average Bonchev–Trinajstić information content (AvgIpc) is 3.00. The zero-order valence-corrected chi connectivity index (χ0v) is 14.6. The molecule has 0 spiro atoms. The van der Waals surface area contributed by atoms with Crippen LogP contribution in [0.1, 0.15) is 25.5 Å². The number of aromatic nitrogens is 1. The number of hydrogen-bond acceptors (Lipinski definition) is 3. The van der Waals surface area contributed by atoms with Gasteiger partial charge in [0.05, 0.1) is 17.7 Å². The summed E-state index contributed by atoms with van der Waals surface area (Å²) in [6.07, 6.45) is 0. The molecule has 0 bridgehead atoms. The number of H-pyrrole nitrogens is 1. The standard InChI is InChI=1S/C18H20N2O3S/c1-12(2)18-11-15-16(19-18)5-4-6-17(15)20-24(21,22)14-9-7-13(23-3)8-10-14/h4-12,19-20H,1-3H3. The van der Waals surface area contributed by atoms with E-state index in [1.165, 1.54) is 12.1 Å². The van der Waals surface area contributed by atoms with Gasteiger partial charge < -0.3 is 9.72 Å². The molecule has 0 aliphatic carbocycles. The fourth-order valence-electron chi connectivity index (χ4n) is 2.54. The number of methoxy groups -OCH3 is 1. The van der Waals surface area contributed by atoms with Crippen molar-refractivity contribution in [1.82, 2.24) is 4.98 Å². The largest absolute Gasteiger partial charge is 0.497 e. The van der Waals surface area contributed by atoms with Gasteiger partial charge in [0.2, 0.25) is 0 Å². The van der Waals surface area contributed by atoms with Gasteiger partial charge in [-0.25, -0.2) is 8.42 Å². The summed E-state index contributed by atoms with van der Waals surface area (Å²) < 4.78 is 33.0. The number of fused-ring (bicyclic) bond motifs is 1. The molecule has 0 fully saturated rings. The molecule has 3 rings (SSSR count). The van der Waals surface area contributed by atoms with Gasteiger partial charge in [0.15, 0.2) is 0 Å². The van der Waals surface area contributed by atoms with Crippen LogP contribution < -0.4 is 9.46 Å². The van der Waals surface area contributed by atoms with E-state index in [2.05, 4.69) is 23.6 Å². The third-order valence-corrected chi connectivity index (χ3v) is 5.30. The van der Waals surface area contributed by atoms with Crippen molar-refractivity contribution in [2.75, 3.05) is 11.8 Å². The third kappa shape index (κ3) is 3.10. The van der Waals surface area contributed by atoms with E-state index in [-0.39, 0.29) is 4.90 Å². The maximum absolute atomic E-state index is 12.6. The fourth-order valence-corrected chi connectivity index (χ4v) is 3.62. The lowest BCUT2D eigenvalue weighted by atomic mass is 10.1. The van der Waals surface area contributed by atoms with E-state index >= 15 is 0 Å². The summed E-state index contributed by atoms with van der Waals surface area (Å²) in [4.78, 5) is 3.52. The van der Waals surface area contributed by atoms with Crippen molar-refractivity contribution in [1.29, 1.82) is 0 Å². The topological polar surface area (TPSA) is 71.2 Å². The quantitative estimate of drug-likeness (QED) is 0.732. The van der Waals surface area contributed by atoms with Crippen LogP contribution in [-0.2, 0) is 10.0 Å². The molecule has 0 radical (unpaired) electrons. The van der Waals surface area contributed by atoms with Crippen molar-refractivity contribution in [3.8, 4) is 5.75 Å². The van der Waals surface area contributed by atoms with Crippen molar-refractivity contribution >= 4 is 26.6 Å². The maximum atomic E-state index is 12.6. The summed E-state index contributed by atoms with van der Waals surface area (Å²) in [6.45, 7) is 4.18. The second-order valence-corrected chi connectivity index (χ2v) is 7.61. The first kappa shape index (κ1) is 16.4. The molecule has 126 valence electrons. The molecule has 0 atom stereocenters. The number of anilines is 1. The Morgan fingerprint density at radius 3 is 2.42 bits per heavy atom. The summed E-state index contributed by atoms with van der Waals surface area (Å²) in [5.41, 5.74) is 2.54. The molecule has 6 heteroatoms. The monoisotopic (exact) mass is 344 g/mol. The van der Waals surface area contributed by atoms with E-state index in [9.17, 15) is 8.42 Å². The normalized spacial score (nSPS) is 11.8. The van der Waals surface area contributed by atoms with Gasteiger partial charge in [0, 0.05) is 16.6 Å². The highest BCUT2D eigenvalue weighted by molar-refractivity contribution is 7.92. The van der Waals surface area contributed by atoms with Crippen molar-refractivity contribution in [2.45, 2.75) is 24.7 Å². The van der Waals surface area contributed by atoms with Crippen LogP contribution >= 0.6 is 0 Å². The lowest BCUT2D eigenvalue weighted by Crippen LogP contribution is -2.13. The summed E-state index contributed by atoms with van der Waals surface area (Å²) >= 11 is 0. The van der Waals surface area contributed by atoms with Gasteiger partial charge in [-0.15, -0.1) is 0 Å². The molecule has 0 saturated heterocycles. The van der Waals surface area contributed by atoms with Crippen LogP contribution in [0.15, 0.2) is 53.4 Å². The van der Waals surface area contributed by atoms with Gasteiger partial charge in [-0.2, -0.15) is 0 Å². The molecule has 0 amide bonds. The Bertz CT molecular complexity index is 958. The Balaban J connectivity index is 1.98. The second kappa shape index (κ2) is 6.20. The Hall–Kier alpha value is -2.47. The summed E-state index contributed by atoms with van der Waals surface area (Å²) in [7, 11) is -2.12. The average molecular weight is 344 g/mol. The van der Waals surface area contributed by atoms with Gasteiger partial charge in [-0.1, -0.05) is 19.9 Å². The molecule has 0 saturated carbocycles. The van der Waals surface area contributed by atoms with E-state index in [0.717, 1.165) is 16.6 Å². The first-order valence-corrected chi connectivity index (χ1v) is 9.17. The molecule has 0 aliphatic heterocycles. The molecule has 3 aromatic rings. The lowest BCUT2D eigenvalue weighted by Gasteiger charge is -2.09. The van der Waals surface area contributed by atoms with Crippen LogP contribution in [0, 0.1) is 0 Å². The first-order chi connectivity index (χ1) is 11.4. The molecule has 24 heavy (non-hydrogen) atoms. The summed E-state index contributed by atoms with van der Waals surface area (Å²) in [6, 6.07) is 13.8. The van der Waals surface area contributed by atoms with E-state index in [4.69, 9.17) is 4.74 Å². The molecule has 0 unspecified atom stereocenters.